The van der Waals surface area contributed by atoms with E-state index in [0.717, 1.165) is 20.3 Å². The van der Waals surface area contributed by atoms with Crippen LogP contribution in [-0.2, 0) is 47.7 Å². The van der Waals surface area contributed by atoms with Gasteiger partial charge in [-0.3, -0.25) is 28.8 Å². The maximum Gasteiger partial charge on any atom is 0.331 e. The molecule has 10 nitrogen and oxygen atoms in total. The molecule has 2 atom stereocenters. The summed E-state index contributed by atoms with van der Waals surface area (Å²) in [5.41, 5.74) is -2.75. The van der Waals surface area contributed by atoms with Crippen molar-refractivity contribution in [2.24, 2.45) is 16.7 Å². The van der Waals surface area contributed by atoms with Gasteiger partial charge in [0, 0.05) is 13.8 Å². The molecular weight excluding hydrogens is 460 g/mol. The van der Waals surface area contributed by atoms with E-state index in [9.17, 15) is 28.8 Å². The lowest BCUT2D eigenvalue weighted by atomic mass is 9.75. The maximum absolute atomic E-state index is 12.0. The van der Waals surface area contributed by atoms with Crippen LogP contribution in [0, 0.1) is 16.7 Å². The highest BCUT2D eigenvalue weighted by Gasteiger charge is 2.50. The van der Waals surface area contributed by atoms with Crippen LogP contribution in [0.1, 0.15) is 94.4 Å². The van der Waals surface area contributed by atoms with Gasteiger partial charge in [0.15, 0.2) is 10.8 Å². The Morgan fingerprint density at radius 1 is 0.657 bits per heavy atom. The molecule has 0 N–H and O–H groups in total. The zero-order valence-corrected chi connectivity index (χ0v) is 22.6. The van der Waals surface area contributed by atoms with Crippen molar-refractivity contribution in [3.8, 4) is 0 Å². The number of ether oxygens (including phenoxy) is 4. The molecule has 0 aromatic carbocycles. The molecule has 0 aromatic heterocycles. The van der Waals surface area contributed by atoms with Crippen LogP contribution in [0.15, 0.2) is 0 Å². The van der Waals surface area contributed by atoms with Gasteiger partial charge in [-0.1, -0.05) is 47.5 Å². The summed E-state index contributed by atoms with van der Waals surface area (Å²) in [4.78, 5) is 69.5. The van der Waals surface area contributed by atoms with E-state index in [0.29, 0.717) is 12.8 Å². The van der Waals surface area contributed by atoms with Gasteiger partial charge in [0.1, 0.15) is 0 Å². The lowest BCUT2D eigenvalue weighted by Gasteiger charge is -2.30. The Labute approximate surface area is 208 Å². The second kappa shape index (κ2) is 16.8. The summed E-state index contributed by atoms with van der Waals surface area (Å²) >= 11 is 0. The Morgan fingerprint density at radius 2 is 1.11 bits per heavy atom. The molecule has 35 heavy (non-hydrogen) atoms. The van der Waals surface area contributed by atoms with Crippen LogP contribution in [0.5, 0.6) is 0 Å². The predicted molar refractivity (Wildman–Crippen MR) is 127 cm³/mol. The van der Waals surface area contributed by atoms with E-state index in [1.165, 1.54) is 0 Å². The van der Waals surface area contributed by atoms with Crippen LogP contribution in [-0.4, -0.2) is 49.0 Å². The van der Waals surface area contributed by atoms with Crippen LogP contribution in [0.2, 0.25) is 0 Å². The minimum absolute atomic E-state index is 0.181. The van der Waals surface area contributed by atoms with Gasteiger partial charge >= 0.3 is 35.8 Å². The normalized spacial score (nSPS) is 13.8. The topological polar surface area (TPSA) is 139 Å². The van der Waals surface area contributed by atoms with Crippen LogP contribution in [0.3, 0.4) is 0 Å². The van der Waals surface area contributed by atoms with Crippen molar-refractivity contribution in [2.75, 3.05) is 13.2 Å². The molecule has 0 aromatic rings. The van der Waals surface area contributed by atoms with Crippen molar-refractivity contribution < 1.29 is 47.7 Å². The molecule has 0 spiro atoms. The monoisotopic (exact) mass is 502 g/mol. The molecule has 0 aliphatic carbocycles. The lowest BCUT2D eigenvalue weighted by molar-refractivity contribution is -0.180. The highest BCUT2D eigenvalue weighted by molar-refractivity contribution is 6.04. The first kappa shape index (κ1) is 34.4. The number of esters is 6. The number of rotatable bonds is 12. The first-order chi connectivity index (χ1) is 16.3. The average molecular weight is 503 g/mol. The van der Waals surface area contributed by atoms with Crippen molar-refractivity contribution >= 4 is 35.8 Å². The minimum atomic E-state index is -1.40. The van der Waals surface area contributed by atoms with Gasteiger partial charge in [0.2, 0.25) is 0 Å². The number of unbranched alkanes of at least 4 members (excludes halogenated alkanes) is 1. The molecule has 10 heteroatoms. The number of carbonyl (C=O) groups excluding carboxylic acids is 6. The Hall–Kier alpha value is -2.78. The Kier molecular flexibility index (Phi) is 16.5. The third-order valence-electron chi connectivity index (χ3n) is 5.64. The standard InChI is InChI=1S/C13H22O5.C12H20O5/c1-5-8-9-13(6-2,11(15)17-7-3)12(16)18-10(4)14;1-6-12(8(3)4,10(14)16-7-2)11(15)17-9(5)13/h5-9H2,1-4H3;8H,6-7H2,1-5H3/t13-;12-/m00/s1. The number of carbonyl (C=O) groups is 6. The van der Waals surface area contributed by atoms with Crippen LogP contribution >= 0.6 is 0 Å². The van der Waals surface area contributed by atoms with E-state index in [1.807, 2.05) is 6.92 Å². The summed E-state index contributed by atoms with van der Waals surface area (Å²) in [7, 11) is 0. The van der Waals surface area contributed by atoms with Gasteiger partial charge in [0.25, 0.3) is 0 Å². The number of hydrogen-bond acceptors (Lipinski definition) is 10. The largest absolute Gasteiger partial charge is 0.465 e. The molecule has 0 aliphatic rings. The predicted octanol–water partition coefficient (Wildman–Crippen LogP) is 3.92. The summed E-state index contributed by atoms with van der Waals surface area (Å²) < 4.78 is 19.0. The summed E-state index contributed by atoms with van der Waals surface area (Å²) in [6.45, 7) is 14.8. The Morgan fingerprint density at radius 3 is 1.46 bits per heavy atom. The third-order valence-corrected chi connectivity index (χ3v) is 5.64. The zero-order valence-electron chi connectivity index (χ0n) is 22.6. The zero-order chi connectivity index (χ0) is 27.8. The molecule has 0 saturated carbocycles. The van der Waals surface area contributed by atoms with Crippen LogP contribution in [0.4, 0.5) is 0 Å². The molecule has 0 bridgehead atoms. The fourth-order valence-electron chi connectivity index (χ4n) is 3.46. The first-order valence-corrected chi connectivity index (χ1v) is 12.1. The van der Waals surface area contributed by atoms with E-state index < -0.39 is 46.6 Å². The van der Waals surface area contributed by atoms with Gasteiger partial charge in [-0.2, -0.15) is 0 Å². The quantitative estimate of drug-likeness (QED) is 0.219. The fourth-order valence-corrected chi connectivity index (χ4v) is 3.46. The van der Waals surface area contributed by atoms with Gasteiger partial charge in [-0.25, -0.2) is 0 Å². The highest BCUT2D eigenvalue weighted by Crippen LogP contribution is 2.35. The average Bonchev–Trinajstić information content (AvgIpc) is 2.75. The maximum atomic E-state index is 12.0. The molecule has 0 heterocycles. The van der Waals surface area contributed by atoms with E-state index in [-0.39, 0.29) is 32.0 Å². The number of hydrogen-bond donors (Lipinski definition) is 0. The summed E-state index contributed by atoms with van der Waals surface area (Å²) in [6, 6.07) is 0. The first-order valence-electron chi connectivity index (χ1n) is 12.1. The van der Waals surface area contributed by atoms with Crippen LogP contribution < -0.4 is 0 Å². The van der Waals surface area contributed by atoms with Gasteiger partial charge < -0.3 is 18.9 Å². The summed E-state index contributed by atoms with van der Waals surface area (Å²) in [5.74, 6) is -4.61. The summed E-state index contributed by atoms with van der Waals surface area (Å²) in [5, 5.41) is 0. The van der Waals surface area contributed by atoms with Crippen molar-refractivity contribution in [1.82, 2.24) is 0 Å². The van der Waals surface area contributed by atoms with Gasteiger partial charge in [-0.15, -0.1) is 0 Å². The van der Waals surface area contributed by atoms with Crippen molar-refractivity contribution in [3.63, 3.8) is 0 Å². The van der Waals surface area contributed by atoms with Gasteiger partial charge in [0.05, 0.1) is 13.2 Å². The van der Waals surface area contributed by atoms with E-state index >= 15 is 0 Å². The van der Waals surface area contributed by atoms with Gasteiger partial charge in [-0.05, 0) is 39.0 Å². The smallest absolute Gasteiger partial charge is 0.331 e. The van der Waals surface area contributed by atoms with Crippen molar-refractivity contribution in [1.29, 1.82) is 0 Å². The molecule has 202 valence electrons. The molecule has 0 saturated heterocycles. The van der Waals surface area contributed by atoms with Crippen molar-refractivity contribution in [2.45, 2.75) is 94.4 Å². The second-order valence-corrected chi connectivity index (χ2v) is 8.22. The SMILES string of the molecule is CCCC[C@@](CC)(C(=O)OCC)C(=O)OC(C)=O.CCOC(=O)[C@@](CC)(C(=O)OC(C)=O)C(C)C. The van der Waals surface area contributed by atoms with E-state index in [1.54, 1.807) is 41.5 Å². The molecule has 0 amide bonds. The second-order valence-electron chi connectivity index (χ2n) is 8.22. The van der Waals surface area contributed by atoms with Crippen LogP contribution in [0.25, 0.3) is 0 Å². The molecule has 0 unspecified atom stereocenters. The highest BCUT2D eigenvalue weighted by atomic mass is 16.6. The van der Waals surface area contributed by atoms with Crippen molar-refractivity contribution in [3.05, 3.63) is 0 Å². The van der Waals surface area contributed by atoms with E-state index in [2.05, 4.69) is 9.47 Å². The lowest BCUT2D eigenvalue weighted by Crippen LogP contribution is -2.46. The molecular formula is C25H42O10. The fraction of sp³-hybridized carbons (Fsp3) is 0.760. The summed E-state index contributed by atoms with van der Waals surface area (Å²) in [6.07, 6.45) is 2.37. The minimum Gasteiger partial charge on any atom is -0.465 e. The Bertz CT molecular complexity index is 743. The molecule has 0 aliphatic heterocycles. The third kappa shape index (κ3) is 9.78. The molecule has 0 radical (unpaired) electrons. The van der Waals surface area contributed by atoms with E-state index in [4.69, 9.17) is 9.47 Å². The molecule has 0 rings (SSSR count). The Balaban J connectivity index is 0. The molecule has 0 fully saturated rings.